The van der Waals surface area contributed by atoms with Gasteiger partial charge in [-0.05, 0) is 23.9 Å². The second kappa shape index (κ2) is 9.14. The number of nitrogens with zero attached hydrogens (tertiary/aromatic N) is 3. The van der Waals surface area contributed by atoms with Crippen molar-refractivity contribution in [3.63, 3.8) is 0 Å². The highest BCUT2D eigenvalue weighted by molar-refractivity contribution is 7.91. The minimum atomic E-state index is -2.98. The Bertz CT molecular complexity index is 767. The largest absolute Gasteiger partial charge is 0.338 e. The van der Waals surface area contributed by atoms with E-state index in [1.54, 1.807) is 0 Å². The summed E-state index contributed by atoms with van der Waals surface area (Å²) in [4.78, 5) is 20.0. The average molecular weight is 422 g/mol. The van der Waals surface area contributed by atoms with Crippen LogP contribution in [0.25, 0.3) is 0 Å². The lowest BCUT2D eigenvalue weighted by atomic mass is 9.92. The summed E-state index contributed by atoms with van der Waals surface area (Å²) in [7, 11) is -2.98. The lowest BCUT2D eigenvalue weighted by molar-refractivity contribution is -0.139. The standard InChI is InChI=1S/C22H35N3O3S/c1-22(2,3)9-10-23-11-13-25(14-12-23)21(26)20(19-7-5-4-6-8-19)24-15-17-29(27,28)18-16-24/h4-8,20H,9-18H2,1-3H3. The van der Waals surface area contributed by atoms with Gasteiger partial charge in [0.25, 0.3) is 0 Å². The molecule has 1 aromatic carbocycles. The van der Waals surface area contributed by atoms with E-state index < -0.39 is 15.9 Å². The van der Waals surface area contributed by atoms with Crippen molar-refractivity contribution in [1.82, 2.24) is 14.7 Å². The molecule has 0 radical (unpaired) electrons. The third-order valence-electron chi connectivity index (χ3n) is 5.96. The zero-order chi connectivity index (χ0) is 21.1. The SMILES string of the molecule is CC(C)(C)CCN1CCN(C(=O)C(c2ccccc2)N2CCS(=O)(=O)CC2)CC1. The van der Waals surface area contributed by atoms with Crippen molar-refractivity contribution in [3.05, 3.63) is 35.9 Å². The summed E-state index contributed by atoms with van der Waals surface area (Å²) in [6.07, 6.45) is 1.15. The van der Waals surface area contributed by atoms with Crippen molar-refractivity contribution in [2.24, 2.45) is 5.41 Å². The van der Waals surface area contributed by atoms with Crippen LogP contribution in [0, 0.1) is 5.41 Å². The maximum Gasteiger partial charge on any atom is 0.244 e. The Morgan fingerprint density at radius 1 is 0.966 bits per heavy atom. The maximum absolute atomic E-state index is 13.5. The number of carbonyl (C=O) groups is 1. The number of sulfone groups is 1. The number of hydrogen-bond acceptors (Lipinski definition) is 5. The van der Waals surface area contributed by atoms with Gasteiger partial charge in [-0.2, -0.15) is 0 Å². The molecule has 0 aromatic heterocycles. The molecule has 0 bridgehead atoms. The van der Waals surface area contributed by atoms with Gasteiger partial charge in [0.15, 0.2) is 9.84 Å². The molecule has 6 nitrogen and oxygen atoms in total. The molecule has 2 aliphatic heterocycles. The van der Waals surface area contributed by atoms with Gasteiger partial charge in [-0.25, -0.2) is 8.42 Å². The maximum atomic E-state index is 13.5. The lowest BCUT2D eigenvalue weighted by Gasteiger charge is -2.40. The van der Waals surface area contributed by atoms with Gasteiger partial charge < -0.3 is 4.90 Å². The van der Waals surface area contributed by atoms with Crippen LogP contribution in [0.15, 0.2) is 30.3 Å². The van der Waals surface area contributed by atoms with E-state index in [1.807, 2.05) is 40.1 Å². The molecule has 162 valence electrons. The van der Waals surface area contributed by atoms with Crippen LogP contribution >= 0.6 is 0 Å². The Kier molecular flexibility index (Phi) is 7.02. The summed E-state index contributed by atoms with van der Waals surface area (Å²) in [6.45, 7) is 11.9. The first-order chi connectivity index (χ1) is 13.6. The van der Waals surface area contributed by atoms with E-state index in [2.05, 4.69) is 25.7 Å². The topological polar surface area (TPSA) is 60.9 Å². The van der Waals surface area contributed by atoms with Gasteiger partial charge in [-0.15, -0.1) is 0 Å². The van der Waals surface area contributed by atoms with Gasteiger partial charge in [0, 0.05) is 39.3 Å². The second-order valence-corrected chi connectivity index (χ2v) is 11.8. The number of amides is 1. The molecule has 1 atom stereocenters. The average Bonchev–Trinajstić information content (AvgIpc) is 2.68. The molecule has 0 aliphatic carbocycles. The van der Waals surface area contributed by atoms with Crippen molar-refractivity contribution in [2.75, 3.05) is 57.3 Å². The van der Waals surface area contributed by atoms with Gasteiger partial charge in [0.2, 0.25) is 5.91 Å². The molecule has 29 heavy (non-hydrogen) atoms. The summed E-state index contributed by atoms with van der Waals surface area (Å²) >= 11 is 0. The molecule has 1 amide bonds. The Balaban J connectivity index is 1.66. The molecule has 7 heteroatoms. The van der Waals surface area contributed by atoms with Crippen LogP contribution in [-0.2, 0) is 14.6 Å². The Hall–Kier alpha value is -1.44. The molecule has 2 aliphatic rings. The highest BCUT2D eigenvalue weighted by Crippen LogP contribution is 2.26. The molecule has 0 spiro atoms. The van der Waals surface area contributed by atoms with Gasteiger partial charge >= 0.3 is 0 Å². The highest BCUT2D eigenvalue weighted by Gasteiger charge is 2.35. The van der Waals surface area contributed by atoms with Crippen molar-refractivity contribution in [3.8, 4) is 0 Å². The van der Waals surface area contributed by atoms with Gasteiger partial charge in [0.05, 0.1) is 11.5 Å². The van der Waals surface area contributed by atoms with Crippen LogP contribution in [0.4, 0.5) is 0 Å². The molecule has 0 saturated carbocycles. The van der Waals surface area contributed by atoms with Crippen LogP contribution < -0.4 is 0 Å². The van der Waals surface area contributed by atoms with Crippen LogP contribution in [0.5, 0.6) is 0 Å². The van der Waals surface area contributed by atoms with Crippen molar-refractivity contribution >= 4 is 15.7 Å². The van der Waals surface area contributed by atoms with Crippen LogP contribution in [-0.4, -0.2) is 86.3 Å². The molecule has 0 N–H and O–H groups in total. The predicted octanol–water partition coefficient (Wildman–Crippen LogP) is 2.04. The minimum absolute atomic E-state index is 0.103. The number of piperazine rings is 1. The number of carbonyl (C=O) groups excluding carboxylic acids is 1. The Morgan fingerprint density at radius 3 is 2.10 bits per heavy atom. The third kappa shape index (κ3) is 6.27. The zero-order valence-corrected chi connectivity index (χ0v) is 18.8. The van der Waals surface area contributed by atoms with Crippen molar-refractivity contribution in [2.45, 2.75) is 33.2 Å². The first-order valence-corrected chi connectivity index (χ1v) is 12.5. The quantitative estimate of drug-likeness (QED) is 0.728. The highest BCUT2D eigenvalue weighted by atomic mass is 32.2. The summed E-state index contributed by atoms with van der Waals surface area (Å²) in [5.74, 6) is 0.361. The summed E-state index contributed by atoms with van der Waals surface area (Å²) in [5.41, 5.74) is 1.27. The molecule has 2 saturated heterocycles. The normalized spacial score (nSPS) is 22.4. The van der Waals surface area contributed by atoms with Crippen LogP contribution in [0.2, 0.25) is 0 Å². The number of rotatable bonds is 5. The van der Waals surface area contributed by atoms with E-state index in [4.69, 9.17) is 0 Å². The molecule has 2 fully saturated rings. The number of benzene rings is 1. The van der Waals surface area contributed by atoms with Crippen LogP contribution in [0.1, 0.15) is 38.8 Å². The zero-order valence-electron chi connectivity index (χ0n) is 18.0. The van der Waals surface area contributed by atoms with Crippen molar-refractivity contribution in [1.29, 1.82) is 0 Å². The monoisotopic (exact) mass is 421 g/mol. The fourth-order valence-electron chi connectivity index (χ4n) is 3.99. The summed E-state index contributed by atoms with van der Waals surface area (Å²) < 4.78 is 23.7. The van der Waals surface area contributed by atoms with Crippen LogP contribution in [0.3, 0.4) is 0 Å². The molecule has 1 unspecified atom stereocenters. The third-order valence-corrected chi connectivity index (χ3v) is 7.56. The fraction of sp³-hybridized carbons (Fsp3) is 0.682. The molecule has 3 rings (SSSR count). The van der Waals surface area contributed by atoms with E-state index in [-0.39, 0.29) is 17.4 Å². The van der Waals surface area contributed by atoms with E-state index in [0.29, 0.717) is 18.5 Å². The van der Waals surface area contributed by atoms with Crippen molar-refractivity contribution < 1.29 is 13.2 Å². The number of hydrogen-bond donors (Lipinski definition) is 0. The van der Waals surface area contributed by atoms with E-state index in [0.717, 1.165) is 44.7 Å². The van der Waals surface area contributed by atoms with Gasteiger partial charge in [-0.3, -0.25) is 14.6 Å². The fourth-order valence-corrected chi connectivity index (χ4v) is 5.22. The molecular formula is C22H35N3O3S. The summed E-state index contributed by atoms with van der Waals surface area (Å²) in [6, 6.07) is 9.39. The second-order valence-electron chi connectivity index (χ2n) is 9.48. The first-order valence-electron chi connectivity index (χ1n) is 10.7. The predicted molar refractivity (Wildman–Crippen MR) is 117 cm³/mol. The Labute approximate surface area is 175 Å². The van der Waals surface area contributed by atoms with E-state index in [1.165, 1.54) is 0 Å². The lowest BCUT2D eigenvalue weighted by Crippen LogP contribution is -2.54. The first kappa shape index (κ1) is 22.2. The minimum Gasteiger partial charge on any atom is -0.338 e. The van der Waals surface area contributed by atoms with Gasteiger partial charge in [-0.1, -0.05) is 51.1 Å². The summed E-state index contributed by atoms with van der Waals surface area (Å²) in [5, 5.41) is 0. The smallest absolute Gasteiger partial charge is 0.244 e. The van der Waals surface area contributed by atoms with E-state index in [9.17, 15) is 13.2 Å². The molecule has 2 heterocycles. The molecule has 1 aromatic rings. The van der Waals surface area contributed by atoms with E-state index >= 15 is 0 Å². The Morgan fingerprint density at radius 2 is 1.55 bits per heavy atom. The van der Waals surface area contributed by atoms with Gasteiger partial charge in [0.1, 0.15) is 6.04 Å². The molecular weight excluding hydrogens is 386 g/mol.